The lowest BCUT2D eigenvalue weighted by Crippen LogP contribution is -2.30. The Morgan fingerprint density at radius 2 is 2.14 bits per heavy atom. The molecule has 1 aromatic carbocycles. The molecule has 1 aromatic heterocycles. The van der Waals surface area contributed by atoms with E-state index in [2.05, 4.69) is 25.3 Å². The third-order valence-electron chi connectivity index (χ3n) is 2.53. The van der Waals surface area contributed by atoms with Crippen molar-refractivity contribution in [1.29, 1.82) is 0 Å². The summed E-state index contributed by atoms with van der Waals surface area (Å²) in [5, 5.41) is 26.9. The van der Waals surface area contributed by atoms with Crippen LogP contribution in [0.1, 0.15) is 16.2 Å². The summed E-state index contributed by atoms with van der Waals surface area (Å²) < 4.78 is 4.54. The van der Waals surface area contributed by atoms with Crippen LogP contribution in [0.2, 0.25) is 0 Å². The van der Waals surface area contributed by atoms with Crippen LogP contribution in [0.15, 0.2) is 29.1 Å². The van der Waals surface area contributed by atoms with Crippen molar-refractivity contribution < 1.29 is 24.3 Å². The normalized spacial score (nSPS) is 10.1. The summed E-state index contributed by atoms with van der Waals surface area (Å²) in [4.78, 5) is 26.1. The van der Waals surface area contributed by atoms with Crippen LogP contribution < -0.4 is 10.6 Å². The topological polar surface area (TPSA) is 138 Å². The Morgan fingerprint density at radius 3 is 2.76 bits per heavy atom. The van der Waals surface area contributed by atoms with Gasteiger partial charge in [-0.2, -0.15) is 4.98 Å². The van der Waals surface area contributed by atoms with Crippen LogP contribution in [0.4, 0.5) is 10.5 Å². The molecule has 0 aliphatic rings. The zero-order chi connectivity index (χ0) is 15.2. The average molecular weight is 292 g/mol. The van der Waals surface area contributed by atoms with E-state index in [1.54, 1.807) is 0 Å². The molecule has 21 heavy (non-hydrogen) atoms. The quantitative estimate of drug-likeness (QED) is 0.599. The SMILES string of the molecule is O=C(NCCc1ncon1)Nc1ccc(C(=O)O)cc1O. The molecule has 0 radical (unpaired) electrons. The highest BCUT2D eigenvalue weighted by Crippen LogP contribution is 2.24. The lowest BCUT2D eigenvalue weighted by molar-refractivity contribution is 0.0696. The molecule has 2 aromatic rings. The number of aromatic carboxylic acids is 1. The van der Waals surface area contributed by atoms with Gasteiger partial charge >= 0.3 is 12.0 Å². The summed E-state index contributed by atoms with van der Waals surface area (Å²) in [6, 6.07) is 3.09. The van der Waals surface area contributed by atoms with E-state index in [-0.39, 0.29) is 23.5 Å². The molecular formula is C12H12N4O5. The van der Waals surface area contributed by atoms with E-state index < -0.39 is 12.0 Å². The van der Waals surface area contributed by atoms with E-state index in [1.807, 2.05) is 0 Å². The summed E-state index contributed by atoms with van der Waals surface area (Å²) in [5.74, 6) is -1.03. The molecule has 0 unspecified atom stereocenters. The molecule has 9 heteroatoms. The second-order valence-electron chi connectivity index (χ2n) is 4.02. The first-order valence-corrected chi connectivity index (χ1v) is 5.92. The number of hydrogen-bond acceptors (Lipinski definition) is 6. The van der Waals surface area contributed by atoms with Crippen molar-refractivity contribution in [2.24, 2.45) is 0 Å². The van der Waals surface area contributed by atoms with Gasteiger partial charge in [-0.3, -0.25) is 0 Å². The van der Waals surface area contributed by atoms with E-state index in [0.29, 0.717) is 12.2 Å². The minimum Gasteiger partial charge on any atom is -0.506 e. The molecule has 0 saturated heterocycles. The van der Waals surface area contributed by atoms with Crippen LogP contribution >= 0.6 is 0 Å². The smallest absolute Gasteiger partial charge is 0.335 e. The minimum absolute atomic E-state index is 0.0736. The molecule has 0 aliphatic carbocycles. The Bertz CT molecular complexity index is 641. The number of carboxylic acid groups (broad SMARTS) is 1. The second kappa shape index (κ2) is 6.37. The van der Waals surface area contributed by atoms with Crippen molar-refractivity contribution in [3.8, 4) is 5.75 Å². The predicted octanol–water partition coefficient (Wildman–Crippen LogP) is 0.838. The number of amides is 2. The Morgan fingerprint density at radius 1 is 1.33 bits per heavy atom. The Labute approximate surface area is 118 Å². The predicted molar refractivity (Wildman–Crippen MR) is 70.1 cm³/mol. The number of carbonyl (C=O) groups excluding carboxylic acids is 1. The van der Waals surface area contributed by atoms with Crippen LogP contribution in [0.3, 0.4) is 0 Å². The van der Waals surface area contributed by atoms with Crippen LogP contribution in [0, 0.1) is 0 Å². The minimum atomic E-state index is -1.17. The zero-order valence-corrected chi connectivity index (χ0v) is 10.7. The average Bonchev–Trinajstić information content (AvgIpc) is 2.94. The Kier molecular flexibility index (Phi) is 4.34. The van der Waals surface area contributed by atoms with E-state index in [0.717, 1.165) is 6.07 Å². The highest BCUT2D eigenvalue weighted by Gasteiger charge is 2.10. The third-order valence-corrected chi connectivity index (χ3v) is 2.53. The number of carbonyl (C=O) groups is 2. The van der Waals surface area contributed by atoms with Gasteiger partial charge in [0, 0.05) is 13.0 Å². The Hall–Kier alpha value is -3.10. The number of rotatable bonds is 5. The van der Waals surface area contributed by atoms with Crippen LogP contribution in [0.5, 0.6) is 5.75 Å². The van der Waals surface area contributed by atoms with Gasteiger partial charge in [0.05, 0.1) is 11.3 Å². The maximum absolute atomic E-state index is 11.6. The fourth-order valence-electron chi connectivity index (χ4n) is 1.53. The molecule has 1 heterocycles. The summed E-state index contributed by atoms with van der Waals surface area (Å²) in [5.41, 5.74) is 0.0348. The first-order valence-electron chi connectivity index (χ1n) is 5.92. The number of nitrogens with zero attached hydrogens (tertiary/aromatic N) is 2. The number of nitrogens with one attached hydrogen (secondary N) is 2. The van der Waals surface area contributed by atoms with Crippen molar-refractivity contribution in [2.45, 2.75) is 6.42 Å². The van der Waals surface area contributed by atoms with Crippen LogP contribution in [0.25, 0.3) is 0 Å². The van der Waals surface area contributed by atoms with Crippen molar-refractivity contribution in [2.75, 3.05) is 11.9 Å². The molecule has 2 rings (SSSR count). The maximum Gasteiger partial charge on any atom is 0.335 e. The monoisotopic (exact) mass is 292 g/mol. The molecule has 4 N–H and O–H groups in total. The van der Waals surface area contributed by atoms with Gasteiger partial charge in [-0.25, -0.2) is 9.59 Å². The van der Waals surface area contributed by atoms with Gasteiger partial charge in [-0.1, -0.05) is 5.16 Å². The largest absolute Gasteiger partial charge is 0.506 e. The third kappa shape index (κ3) is 3.93. The van der Waals surface area contributed by atoms with Gasteiger partial charge < -0.3 is 25.4 Å². The number of urea groups is 1. The van der Waals surface area contributed by atoms with E-state index in [4.69, 9.17) is 5.11 Å². The van der Waals surface area contributed by atoms with Gasteiger partial charge in [-0.15, -0.1) is 0 Å². The number of phenolic OH excluding ortho intramolecular Hbond substituents is 1. The summed E-state index contributed by atoms with van der Waals surface area (Å²) >= 11 is 0. The fraction of sp³-hybridized carbons (Fsp3) is 0.167. The first kappa shape index (κ1) is 14.3. The number of aromatic hydroxyl groups is 1. The standard InChI is InChI=1S/C12H12N4O5/c17-9-5-7(11(18)19)1-2-8(9)15-12(20)13-4-3-10-14-6-21-16-10/h1-2,5-6,17H,3-4H2,(H,18,19)(H2,13,15,20). The lowest BCUT2D eigenvalue weighted by atomic mass is 10.2. The van der Waals surface area contributed by atoms with Crippen LogP contribution in [-0.4, -0.2) is 38.9 Å². The van der Waals surface area contributed by atoms with Crippen molar-refractivity contribution in [3.63, 3.8) is 0 Å². The maximum atomic E-state index is 11.6. The fourth-order valence-corrected chi connectivity index (χ4v) is 1.53. The highest BCUT2D eigenvalue weighted by molar-refractivity contribution is 5.93. The number of hydrogen-bond donors (Lipinski definition) is 4. The summed E-state index contributed by atoms with van der Waals surface area (Å²) in [7, 11) is 0. The van der Waals surface area contributed by atoms with E-state index >= 15 is 0 Å². The molecular weight excluding hydrogens is 280 g/mol. The lowest BCUT2D eigenvalue weighted by Gasteiger charge is -2.08. The molecule has 0 atom stereocenters. The van der Waals surface area contributed by atoms with Gasteiger partial charge in [0.15, 0.2) is 5.82 Å². The molecule has 2 amide bonds. The van der Waals surface area contributed by atoms with Crippen molar-refractivity contribution in [3.05, 3.63) is 36.0 Å². The molecule has 9 nitrogen and oxygen atoms in total. The molecule has 0 bridgehead atoms. The number of carboxylic acids is 1. The molecule has 0 fully saturated rings. The number of aromatic nitrogens is 2. The Balaban J connectivity index is 1.86. The summed E-state index contributed by atoms with van der Waals surface area (Å²) in [6.07, 6.45) is 1.59. The van der Waals surface area contributed by atoms with E-state index in [1.165, 1.54) is 18.5 Å². The van der Waals surface area contributed by atoms with Gasteiger partial charge in [0.1, 0.15) is 5.75 Å². The molecule has 0 saturated carbocycles. The van der Waals surface area contributed by atoms with Gasteiger partial charge in [0.25, 0.3) is 0 Å². The molecule has 110 valence electrons. The van der Waals surface area contributed by atoms with Crippen molar-refractivity contribution in [1.82, 2.24) is 15.5 Å². The second-order valence-corrected chi connectivity index (χ2v) is 4.02. The van der Waals surface area contributed by atoms with Gasteiger partial charge in [0.2, 0.25) is 6.39 Å². The zero-order valence-electron chi connectivity index (χ0n) is 10.7. The number of phenols is 1. The molecule has 0 aliphatic heterocycles. The van der Waals surface area contributed by atoms with E-state index in [9.17, 15) is 14.7 Å². The number of benzene rings is 1. The highest BCUT2D eigenvalue weighted by atomic mass is 16.5. The molecule has 0 spiro atoms. The van der Waals surface area contributed by atoms with Crippen LogP contribution in [-0.2, 0) is 6.42 Å². The first-order chi connectivity index (χ1) is 10.1. The van der Waals surface area contributed by atoms with Crippen molar-refractivity contribution >= 4 is 17.7 Å². The number of anilines is 1. The summed E-state index contributed by atoms with van der Waals surface area (Å²) in [6.45, 7) is 0.277. The van der Waals surface area contributed by atoms with Gasteiger partial charge in [-0.05, 0) is 18.2 Å².